The maximum Gasteiger partial charge on any atom is 0.416 e. The van der Waals surface area contributed by atoms with Crippen LogP contribution in [0.25, 0.3) is 22.9 Å². The van der Waals surface area contributed by atoms with Crippen molar-refractivity contribution in [1.29, 1.82) is 0 Å². The van der Waals surface area contributed by atoms with Gasteiger partial charge in [-0.2, -0.15) is 20.1 Å². The predicted molar refractivity (Wildman–Crippen MR) is 282 cm³/mol. The second kappa shape index (κ2) is 26.5. The average Bonchev–Trinajstić information content (AvgIpc) is 4.20. The van der Waals surface area contributed by atoms with E-state index in [9.17, 15) is 41.5 Å². The molecule has 4 aliphatic rings. The van der Waals surface area contributed by atoms with Crippen LogP contribution < -0.4 is 20.9 Å². The number of hydrogen-bond acceptors (Lipinski definition) is 15. The van der Waals surface area contributed by atoms with E-state index in [4.69, 9.17) is 13.6 Å². The summed E-state index contributed by atoms with van der Waals surface area (Å²) in [6, 6.07) is 6.52. The van der Waals surface area contributed by atoms with Crippen molar-refractivity contribution in [2.24, 2.45) is 23.7 Å². The third-order valence-corrected chi connectivity index (χ3v) is 13.8. The van der Waals surface area contributed by atoms with Crippen molar-refractivity contribution >= 4 is 63.4 Å². The van der Waals surface area contributed by atoms with Crippen LogP contribution in [0.15, 0.2) is 70.4 Å². The SMILES string of the molecule is CC(C)(C)OC(=O)N(CC1CC1)c1cc(-c2nc(C(=O)Nc3cn(C4CCC(C=O)CC4)nc3C(F)F)co2)ccn1.O=CC1CCC(n2cc(NC(=O)c3coc(-c4ccnc(NCC5CC5)c4)n3)c(C(F)F)n2)CC1.P.[W]. The number of ether oxygens (including phenoxy) is 1. The minimum atomic E-state index is -2.90. The number of aromatic nitrogens is 8. The maximum atomic E-state index is 13.8. The van der Waals surface area contributed by atoms with Crippen LogP contribution in [0.5, 0.6) is 0 Å². The molecule has 4 saturated carbocycles. The number of halogens is 4. The summed E-state index contributed by atoms with van der Waals surface area (Å²) in [4.78, 5) is 79.3. The third kappa shape index (κ3) is 15.8. The van der Waals surface area contributed by atoms with Gasteiger partial charge in [0.25, 0.3) is 24.7 Å². The summed E-state index contributed by atoms with van der Waals surface area (Å²) in [6.07, 6.45) is 13.6. The Bertz CT molecular complexity index is 3050. The van der Waals surface area contributed by atoms with Gasteiger partial charge in [-0.3, -0.25) is 23.9 Å². The van der Waals surface area contributed by atoms with Gasteiger partial charge in [0.1, 0.15) is 42.3 Å². The summed E-state index contributed by atoms with van der Waals surface area (Å²) in [7, 11) is 0. The van der Waals surface area contributed by atoms with Crippen molar-refractivity contribution in [1.82, 2.24) is 39.5 Å². The molecule has 20 nitrogen and oxygen atoms in total. The number of amides is 3. The van der Waals surface area contributed by atoms with Gasteiger partial charge in [0, 0.05) is 81.9 Å². The molecule has 1 atom stereocenters. The van der Waals surface area contributed by atoms with Crippen LogP contribution in [-0.4, -0.2) is 88.7 Å². The molecular formula is C53H63F4N12O8PW. The van der Waals surface area contributed by atoms with E-state index >= 15 is 0 Å². The van der Waals surface area contributed by atoms with Crippen LogP contribution >= 0.6 is 9.90 Å². The zero-order chi connectivity index (χ0) is 54.4. The van der Waals surface area contributed by atoms with Gasteiger partial charge in [0.15, 0.2) is 22.8 Å². The van der Waals surface area contributed by atoms with E-state index in [1.807, 2.05) is 0 Å². The summed E-state index contributed by atoms with van der Waals surface area (Å²) in [5.41, 5.74) is -0.953. The number of pyridine rings is 2. The van der Waals surface area contributed by atoms with Gasteiger partial charge in [0.2, 0.25) is 11.8 Å². The molecule has 0 radical (unpaired) electrons. The van der Waals surface area contributed by atoms with E-state index in [2.05, 4.69) is 46.1 Å². The van der Waals surface area contributed by atoms with Crippen molar-refractivity contribution in [3.05, 3.63) is 84.4 Å². The molecule has 10 rings (SSSR count). The average molecular weight is 1290 g/mol. The molecule has 0 aliphatic heterocycles. The Hall–Kier alpha value is -6.67. The molecule has 3 N–H and O–H groups in total. The van der Waals surface area contributed by atoms with E-state index in [-0.39, 0.29) is 89.4 Å². The normalized spacial score (nSPS) is 19.0. The first-order valence-corrected chi connectivity index (χ1v) is 25.9. The molecule has 79 heavy (non-hydrogen) atoms. The summed E-state index contributed by atoms with van der Waals surface area (Å²) in [5.74, 6) is 0.981. The molecule has 1 unspecified atom stereocenters. The Morgan fingerprint density at radius 2 is 1.18 bits per heavy atom. The molecule has 0 aromatic carbocycles. The van der Waals surface area contributed by atoms with Crippen molar-refractivity contribution in [3.63, 3.8) is 0 Å². The Morgan fingerprint density at radius 1 is 0.709 bits per heavy atom. The number of aldehydes is 2. The molecule has 6 aromatic rings. The predicted octanol–water partition coefficient (Wildman–Crippen LogP) is 11.1. The Kier molecular flexibility index (Phi) is 20.1. The van der Waals surface area contributed by atoms with Gasteiger partial charge in [-0.1, -0.05) is 0 Å². The van der Waals surface area contributed by atoms with E-state index in [0.29, 0.717) is 92.5 Å². The Balaban J connectivity index is 0.000000226. The number of carbonyl (C=O) groups is 5. The molecule has 3 amide bonds. The second-order valence-corrected chi connectivity index (χ2v) is 21.0. The van der Waals surface area contributed by atoms with Crippen LogP contribution in [0.4, 0.5) is 45.4 Å². The topological polar surface area (TPSA) is 247 Å². The van der Waals surface area contributed by atoms with E-state index < -0.39 is 47.7 Å². The standard InChI is InChI=1S/C29H34F2N6O5.C24H26F2N6O3.H3P.W/c1-29(2,3)42-28(40)36(13-17-4-5-17)23-12-19(10-11-32-23)27-34-22(16-41-27)26(39)33-21-14-37(35-24(21)25(30)31)20-8-6-18(15-38)7-9-20;25-22(26)21-18(11-32(31-21)17-5-3-15(12-33)4-6-17)29-23(34)19-13-35-24(30-19)16-7-8-27-20(9-16)28-10-14-1-2-14;;/h10-12,14-18,20,25H,4-9,13H2,1-3H3,(H,33,39);7-9,11-15,17,22H,1-6,10H2,(H,27,28)(H,29,34);1H3;. The number of hydrogen-bond donors (Lipinski definition) is 3. The fourth-order valence-electron chi connectivity index (χ4n) is 9.17. The number of nitrogens with zero attached hydrogens (tertiary/aromatic N) is 9. The number of rotatable bonds is 18. The van der Waals surface area contributed by atoms with E-state index in [0.717, 1.165) is 38.2 Å². The molecule has 6 heterocycles. The molecule has 4 fully saturated rings. The Labute approximate surface area is 470 Å². The maximum absolute atomic E-state index is 13.8. The van der Waals surface area contributed by atoms with E-state index in [1.54, 1.807) is 51.2 Å². The fourth-order valence-corrected chi connectivity index (χ4v) is 9.17. The largest absolute Gasteiger partial charge is 0.444 e. The quantitative estimate of drug-likeness (QED) is 0.0411. The van der Waals surface area contributed by atoms with Crippen molar-refractivity contribution in [3.8, 4) is 22.9 Å². The first kappa shape index (κ1) is 60.0. The summed E-state index contributed by atoms with van der Waals surface area (Å²) in [6.45, 7) is 6.69. The molecule has 26 heteroatoms. The molecule has 6 aromatic heterocycles. The molecule has 422 valence electrons. The fraction of sp³-hybridized carbons (Fsp3) is 0.491. The summed E-state index contributed by atoms with van der Waals surface area (Å²) in [5, 5.41) is 16.3. The van der Waals surface area contributed by atoms with Crippen LogP contribution in [-0.2, 0) is 35.4 Å². The number of alkyl halides is 4. The van der Waals surface area contributed by atoms with Gasteiger partial charge in [-0.05, 0) is 134 Å². The molecular weight excluding hydrogens is 1220 g/mol. The molecule has 4 aliphatic carbocycles. The molecule has 0 bridgehead atoms. The summed E-state index contributed by atoms with van der Waals surface area (Å²) < 4.78 is 74.4. The number of oxazole rings is 2. The van der Waals surface area contributed by atoms with E-state index in [1.165, 1.54) is 52.0 Å². The van der Waals surface area contributed by atoms with Gasteiger partial charge < -0.3 is 39.1 Å². The van der Waals surface area contributed by atoms with Crippen LogP contribution in [0.3, 0.4) is 0 Å². The zero-order valence-corrected chi connectivity index (χ0v) is 48.2. The summed E-state index contributed by atoms with van der Waals surface area (Å²) >= 11 is 0. The first-order chi connectivity index (χ1) is 37.0. The smallest absolute Gasteiger partial charge is 0.416 e. The van der Waals surface area contributed by atoms with Crippen molar-refractivity contribution in [2.45, 2.75) is 128 Å². The van der Waals surface area contributed by atoms with Gasteiger partial charge in [0.05, 0.1) is 23.5 Å². The van der Waals surface area contributed by atoms with Gasteiger partial charge in [-0.25, -0.2) is 42.3 Å². The first-order valence-electron chi connectivity index (χ1n) is 25.9. The molecule has 0 saturated heterocycles. The van der Waals surface area contributed by atoms with Crippen molar-refractivity contribution < 1.29 is 76.2 Å². The number of anilines is 4. The van der Waals surface area contributed by atoms with Gasteiger partial charge in [-0.15, -0.1) is 0 Å². The number of nitrogens with one attached hydrogen (secondary N) is 3. The van der Waals surface area contributed by atoms with Crippen molar-refractivity contribution in [2.75, 3.05) is 33.9 Å². The minimum Gasteiger partial charge on any atom is -0.444 e. The zero-order valence-electron chi connectivity index (χ0n) is 43.9. The van der Waals surface area contributed by atoms with Crippen LogP contribution in [0.1, 0.15) is 155 Å². The minimum absolute atomic E-state index is 0. The Morgan fingerprint density at radius 3 is 1.62 bits per heavy atom. The third-order valence-electron chi connectivity index (χ3n) is 13.8. The molecule has 0 spiro atoms. The second-order valence-electron chi connectivity index (χ2n) is 21.0. The van der Waals surface area contributed by atoms with Crippen LogP contribution in [0, 0.1) is 23.7 Å². The van der Waals surface area contributed by atoms with Gasteiger partial charge >= 0.3 is 6.09 Å². The van der Waals surface area contributed by atoms with Crippen LogP contribution in [0.2, 0.25) is 0 Å². The monoisotopic (exact) mass is 1290 g/mol. The number of carbonyl (C=O) groups excluding carboxylic acids is 5.